The zero-order valence-corrected chi connectivity index (χ0v) is 13.6. The van der Waals surface area contributed by atoms with Crippen molar-refractivity contribution in [2.24, 2.45) is 7.05 Å². The van der Waals surface area contributed by atoms with Crippen LogP contribution in [0.4, 0.5) is 15.0 Å². The Morgan fingerprint density at radius 2 is 1.96 bits per heavy atom. The van der Waals surface area contributed by atoms with Crippen molar-refractivity contribution in [3.05, 3.63) is 47.9 Å². The molecule has 0 aliphatic carbocycles. The molecule has 2 aromatic rings. The standard InChI is InChI=1S/C16H16FN5O3/c1-16(10-3-5-11(17)6-4-10)14(24)22(15(25)19-16)9-13(23)18-12-7-8-21(2)20-12/h3-8H,9H2,1-2H3,(H,19,25)(H,18,20,23). The summed E-state index contributed by atoms with van der Waals surface area (Å²) in [6, 6.07) is 6.16. The molecular weight excluding hydrogens is 329 g/mol. The number of carbonyl (C=O) groups is 3. The molecule has 1 unspecified atom stereocenters. The number of hydrogen-bond acceptors (Lipinski definition) is 4. The summed E-state index contributed by atoms with van der Waals surface area (Å²) in [6.45, 7) is 1.06. The first-order valence-corrected chi connectivity index (χ1v) is 7.49. The van der Waals surface area contributed by atoms with Crippen LogP contribution in [0, 0.1) is 5.82 Å². The number of nitrogens with zero attached hydrogens (tertiary/aromatic N) is 3. The van der Waals surface area contributed by atoms with E-state index in [1.807, 2.05) is 0 Å². The molecule has 3 rings (SSSR count). The van der Waals surface area contributed by atoms with E-state index < -0.39 is 35.7 Å². The van der Waals surface area contributed by atoms with Crippen molar-refractivity contribution >= 4 is 23.7 Å². The number of halogens is 1. The Morgan fingerprint density at radius 1 is 1.28 bits per heavy atom. The lowest BCUT2D eigenvalue weighted by atomic mass is 9.92. The van der Waals surface area contributed by atoms with Gasteiger partial charge in [0.05, 0.1) is 0 Å². The molecule has 1 aliphatic rings. The Balaban J connectivity index is 1.74. The number of rotatable bonds is 4. The number of amides is 4. The number of aryl methyl sites for hydroxylation is 1. The van der Waals surface area contributed by atoms with Gasteiger partial charge in [-0.25, -0.2) is 9.18 Å². The highest BCUT2D eigenvalue weighted by Gasteiger charge is 2.49. The van der Waals surface area contributed by atoms with E-state index in [0.717, 1.165) is 4.90 Å². The smallest absolute Gasteiger partial charge is 0.319 e. The van der Waals surface area contributed by atoms with Crippen molar-refractivity contribution in [3.8, 4) is 0 Å². The van der Waals surface area contributed by atoms with Crippen LogP contribution in [-0.4, -0.2) is 39.1 Å². The van der Waals surface area contributed by atoms with Gasteiger partial charge in [0.1, 0.15) is 17.9 Å². The fourth-order valence-electron chi connectivity index (χ4n) is 2.63. The van der Waals surface area contributed by atoms with E-state index in [0.29, 0.717) is 11.4 Å². The minimum absolute atomic E-state index is 0.320. The second-order valence-electron chi connectivity index (χ2n) is 5.88. The van der Waals surface area contributed by atoms with Gasteiger partial charge >= 0.3 is 6.03 Å². The zero-order chi connectivity index (χ0) is 18.2. The summed E-state index contributed by atoms with van der Waals surface area (Å²) in [4.78, 5) is 37.7. The summed E-state index contributed by atoms with van der Waals surface area (Å²) in [6.07, 6.45) is 1.65. The van der Waals surface area contributed by atoms with Gasteiger partial charge in [-0.1, -0.05) is 12.1 Å². The van der Waals surface area contributed by atoms with Gasteiger partial charge in [0.25, 0.3) is 5.91 Å². The molecule has 0 bridgehead atoms. The molecule has 1 atom stereocenters. The zero-order valence-electron chi connectivity index (χ0n) is 13.6. The quantitative estimate of drug-likeness (QED) is 0.807. The van der Waals surface area contributed by atoms with E-state index in [4.69, 9.17) is 0 Å². The third kappa shape index (κ3) is 3.08. The topological polar surface area (TPSA) is 96.3 Å². The largest absolute Gasteiger partial charge is 0.325 e. The molecule has 4 amide bonds. The Hall–Kier alpha value is -3.23. The molecule has 1 aliphatic heterocycles. The maximum atomic E-state index is 13.1. The molecule has 1 saturated heterocycles. The number of anilines is 1. The van der Waals surface area contributed by atoms with Crippen LogP contribution in [-0.2, 0) is 22.2 Å². The van der Waals surface area contributed by atoms with Gasteiger partial charge in [-0.2, -0.15) is 5.10 Å². The highest BCUT2D eigenvalue weighted by Crippen LogP contribution is 2.28. The second-order valence-corrected chi connectivity index (χ2v) is 5.88. The van der Waals surface area contributed by atoms with Gasteiger partial charge < -0.3 is 10.6 Å². The van der Waals surface area contributed by atoms with E-state index in [2.05, 4.69) is 15.7 Å². The molecule has 130 valence electrons. The summed E-state index contributed by atoms with van der Waals surface area (Å²) < 4.78 is 14.6. The molecule has 1 aromatic heterocycles. The SMILES string of the molecule is Cn1ccc(NC(=O)CN2C(=O)NC(C)(c3ccc(F)cc3)C2=O)n1. The summed E-state index contributed by atoms with van der Waals surface area (Å²) in [5.41, 5.74) is -0.921. The van der Waals surface area contributed by atoms with Crippen molar-refractivity contribution in [2.75, 3.05) is 11.9 Å². The molecule has 9 heteroatoms. The third-order valence-electron chi connectivity index (χ3n) is 3.98. The van der Waals surface area contributed by atoms with Crippen molar-refractivity contribution in [1.29, 1.82) is 0 Å². The van der Waals surface area contributed by atoms with Crippen molar-refractivity contribution < 1.29 is 18.8 Å². The van der Waals surface area contributed by atoms with E-state index in [1.54, 1.807) is 19.3 Å². The first-order valence-electron chi connectivity index (χ1n) is 7.49. The second kappa shape index (κ2) is 6.00. The number of benzene rings is 1. The van der Waals surface area contributed by atoms with Gasteiger partial charge in [-0.3, -0.25) is 19.2 Å². The predicted octanol–water partition coefficient (Wildman–Crippen LogP) is 0.965. The molecule has 2 heterocycles. The molecule has 0 saturated carbocycles. The predicted molar refractivity (Wildman–Crippen MR) is 85.8 cm³/mol. The highest BCUT2D eigenvalue weighted by atomic mass is 19.1. The van der Waals surface area contributed by atoms with Gasteiger partial charge in [0.2, 0.25) is 5.91 Å². The summed E-state index contributed by atoms with van der Waals surface area (Å²) >= 11 is 0. The van der Waals surface area contributed by atoms with Gasteiger partial charge in [-0.15, -0.1) is 0 Å². The average molecular weight is 345 g/mol. The molecule has 25 heavy (non-hydrogen) atoms. The van der Waals surface area contributed by atoms with Crippen molar-refractivity contribution in [3.63, 3.8) is 0 Å². The Bertz CT molecular complexity index is 848. The number of urea groups is 1. The van der Waals surface area contributed by atoms with Crippen LogP contribution in [0.3, 0.4) is 0 Å². The lowest BCUT2D eigenvalue weighted by molar-refractivity contribution is -0.133. The first kappa shape index (κ1) is 16.6. The number of hydrogen-bond donors (Lipinski definition) is 2. The van der Waals surface area contributed by atoms with Crippen LogP contribution < -0.4 is 10.6 Å². The number of nitrogens with one attached hydrogen (secondary N) is 2. The fourth-order valence-corrected chi connectivity index (χ4v) is 2.63. The summed E-state index contributed by atoms with van der Waals surface area (Å²) in [7, 11) is 1.70. The minimum atomic E-state index is -1.35. The van der Waals surface area contributed by atoms with Crippen LogP contribution in [0.15, 0.2) is 36.5 Å². The minimum Gasteiger partial charge on any atom is -0.319 e. The Kier molecular flexibility index (Phi) is 3.99. The van der Waals surface area contributed by atoms with E-state index in [1.165, 1.54) is 35.9 Å². The molecule has 1 fully saturated rings. The summed E-state index contributed by atoms with van der Waals surface area (Å²) in [5, 5.41) is 9.06. The molecule has 0 spiro atoms. The van der Waals surface area contributed by atoms with E-state index >= 15 is 0 Å². The Labute approximate surface area is 142 Å². The summed E-state index contributed by atoms with van der Waals surface area (Å²) in [5.74, 6) is -1.26. The van der Waals surface area contributed by atoms with Crippen molar-refractivity contribution in [2.45, 2.75) is 12.5 Å². The maximum absolute atomic E-state index is 13.1. The monoisotopic (exact) mass is 345 g/mol. The molecule has 1 aromatic carbocycles. The lowest BCUT2D eigenvalue weighted by Crippen LogP contribution is -2.42. The molecule has 2 N–H and O–H groups in total. The van der Waals surface area contributed by atoms with Crippen LogP contribution in [0.5, 0.6) is 0 Å². The van der Waals surface area contributed by atoms with Crippen LogP contribution in [0.25, 0.3) is 0 Å². The van der Waals surface area contributed by atoms with Crippen LogP contribution in [0.2, 0.25) is 0 Å². The number of carbonyl (C=O) groups excluding carboxylic acids is 3. The lowest BCUT2D eigenvalue weighted by Gasteiger charge is -2.22. The fraction of sp³-hybridized carbons (Fsp3) is 0.250. The number of aromatic nitrogens is 2. The van der Waals surface area contributed by atoms with Gasteiger partial charge in [0.15, 0.2) is 5.82 Å². The first-order chi connectivity index (χ1) is 11.8. The normalized spacial score (nSPS) is 19.9. The van der Waals surface area contributed by atoms with Gasteiger partial charge in [0, 0.05) is 19.3 Å². The van der Waals surface area contributed by atoms with E-state index in [9.17, 15) is 18.8 Å². The maximum Gasteiger partial charge on any atom is 0.325 e. The average Bonchev–Trinajstić information content (AvgIpc) is 3.05. The van der Waals surface area contributed by atoms with Crippen molar-refractivity contribution in [1.82, 2.24) is 20.0 Å². The van der Waals surface area contributed by atoms with E-state index in [-0.39, 0.29) is 0 Å². The highest BCUT2D eigenvalue weighted by molar-refractivity contribution is 6.10. The molecule has 8 nitrogen and oxygen atoms in total. The Morgan fingerprint density at radius 3 is 2.56 bits per heavy atom. The van der Waals surface area contributed by atoms with Crippen LogP contribution in [0.1, 0.15) is 12.5 Å². The third-order valence-corrected chi connectivity index (χ3v) is 3.98. The molecular formula is C16H16FN5O3. The molecule has 0 radical (unpaired) electrons. The number of imide groups is 1. The van der Waals surface area contributed by atoms with Crippen LogP contribution >= 0.6 is 0 Å². The van der Waals surface area contributed by atoms with Gasteiger partial charge in [-0.05, 0) is 24.6 Å².